The summed E-state index contributed by atoms with van der Waals surface area (Å²) in [5.41, 5.74) is 11.7. The molecule has 4 aromatic carbocycles. The first kappa shape index (κ1) is 42.0. The number of benzene rings is 4. The lowest BCUT2D eigenvalue weighted by Gasteiger charge is -2.24. The number of carbonyl (C=O) groups is 1. The molecule has 0 atom stereocenters. The molecule has 270 valence electrons. The molecule has 0 saturated heterocycles. The van der Waals surface area contributed by atoms with Crippen molar-refractivity contribution in [3.8, 4) is 0 Å². The van der Waals surface area contributed by atoms with Crippen molar-refractivity contribution in [2.45, 2.75) is 64.8 Å². The molecule has 0 bridgehead atoms. The smallest absolute Gasteiger partial charge is 0.285 e. The number of hydrogen-bond donors (Lipinski definition) is 3. The first-order valence-corrected chi connectivity index (χ1v) is 17.8. The Labute approximate surface area is 300 Å². The maximum atomic E-state index is 14.3. The zero-order valence-electron chi connectivity index (χ0n) is 30.5. The van der Waals surface area contributed by atoms with Crippen molar-refractivity contribution < 1.29 is 13.6 Å². The number of halogens is 2. The first-order valence-electron chi connectivity index (χ1n) is 17.8. The number of aryl methyl sites for hydroxylation is 2. The predicted octanol–water partition coefficient (Wildman–Crippen LogP) is 9.06. The molecule has 7 heteroatoms. The fourth-order valence-corrected chi connectivity index (χ4v) is 5.72. The van der Waals surface area contributed by atoms with Gasteiger partial charge in [0.05, 0.1) is 6.54 Å². The summed E-state index contributed by atoms with van der Waals surface area (Å²) in [4.78, 5) is 13.5. The molecule has 0 amide bonds. The summed E-state index contributed by atoms with van der Waals surface area (Å²) in [5.74, 6) is -2.85. The third-order valence-electron chi connectivity index (χ3n) is 8.45. The van der Waals surface area contributed by atoms with Crippen molar-refractivity contribution >= 4 is 18.0 Å². The first-order chi connectivity index (χ1) is 24.4. The van der Waals surface area contributed by atoms with Crippen LogP contribution in [0.4, 0.5) is 14.5 Å². The molecule has 0 radical (unpaired) electrons. The summed E-state index contributed by atoms with van der Waals surface area (Å²) in [6.45, 7) is 7.24. The number of aldehydes is 1. The van der Waals surface area contributed by atoms with Crippen molar-refractivity contribution in [1.29, 1.82) is 0 Å². The second-order valence-electron chi connectivity index (χ2n) is 12.1. The Kier molecular flexibility index (Phi) is 20.9. The van der Waals surface area contributed by atoms with Crippen LogP contribution in [0.3, 0.4) is 0 Å². The van der Waals surface area contributed by atoms with Gasteiger partial charge in [0.2, 0.25) is 0 Å². The lowest BCUT2D eigenvalue weighted by molar-refractivity contribution is -0.104. The van der Waals surface area contributed by atoms with E-state index < -0.39 is 5.92 Å². The van der Waals surface area contributed by atoms with Crippen LogP contribution in [0.2, 0.25) is 0 Å². The summed E-state index contributed by atoms with van der Waals surface area (Å²) < 4.78 is 28.6. The molecule has 4 aromatic rings. The molecule has 0 heterocycles. The van der Waals surface area contributed by atoms with Gasteiger partial charge in [-0.15, -0.1) is 0 Å². The maximum absolute atomic E-state index is 14.3. The molecule has 0 aromatic heterocycles. The van der Waals surface area contributed by atoms with Crippen molar-refractivity contribution in [3.63, 3.8) is 0 Å². The van der Waals surface area contributed by atoms with E-state index in [1.807, 2.05) is 25.3 Å². The lowest BCUT2D eigenvalue weighted by Crippen LogP contribution is -2.31. The molecule has 0 aliphatic carbocycles. The van der Waals surface area contributed by atoms with E-state index in [1.165, 1.54) is 35.9 Å². The van der Waals surface area contributed by atoms with Crippen LogP contribution in [0, 0.1) is 6.92 Å². The molecule has 0 aliphatic rings. The third-order valence-corrected chi connectivity index (χ3v) is 8.45. The molecule has 0 fully saturated rings. The fourth-order valence-electron chi connectivity index (χ4n) is 5.72. The van der Waals surface area contributed by atoms with Crippen LogP contribution in [-0.4, -0.2) is 51.5 Å². The molecule has 0 unspecified atom stereocenters. The van der Waals surface area contributed by atoms with E-state index in [2.05, 4.69) is 95.8 Å². The molecule has 0 saturated carbocycles. The molecule has 4 rings (SSSR count). The SMILES string of the molecule is CCc1ccccc1.CN.CNc1c(C)ccc(CCN(CCCCCCNCC(F)(F)c2ccccc2)Cc2ccccc2)c1/C=C\C=O. The highest BCUT2D eigenvalue weighted by molar-refractivity contribution is 5.80. The summed E-state index contributed by atoms with van der Waals surface area (Å²) >= 11 is 0. The van der Waals surface area contributed by atoms with Crippen LogP contribution < -0.4 is 16.4 Å². The molecule has 5 nitrogen and oxygen atoms in total. The van der Waals surface area contributed by atoms with Gasteiger partial charge in [0.1, 0.15) is 6.29 Å². The molecule has 50 heavy (non-hydrogen) atoms. The van der Waals surface area contributed by atoms with Crippen LogP contribution in [0.25, 0.3) is 6.08 Å². The van der Waals surface area contributed by atoms with Crippen molar-refractivity contribution in [1.82, 2.24) is 10.2 Å². The molecule has 0 aliphatic heterocycles. The number of nitrogens with two attached hydrogens (primary N) is 1. The second kappa shape index (κ2) is 24.9. The number of allylic oxidation sites excluding steroid dienone is 1. The van der Waals surface area contributed by atoms with Gasteiger partial charge in [0.15, 0.2) is 0 Å². The largest absolute Gasteiger partial charge is 0.387 e. The Morgan fingerprint density at radius 2 is 1.38 bits per heavy atom. The van der Waals surface area contributed by atoms with Crippen LogP contribution in [0.15, 0.2) is 109 Å². The summed E-state index contributed by atoms with van der Waals surface area (Å²) in [6, 6.07) is 33.2. The van der Waals surface area contributed by atoms with Gasteiger partial charge in [-0.2, -0.15) is 8.78 Å². The van der Waals surface area contributed by atoms with Gasteiger partial charge >= 0.3 is 0 Å². The van der Waals surface area contributed by atoms with Gasteiger partial charge in [-0.05, 0) is 87.2 Å². The molecule has 0 spiro atoms. The lowest BCUT2D eigenvalue weighted by atomic mass is 9.98. The normalized spacial score (nSPS) is 11.0. The van der Waals surface area contributed by atoms with Crippen LogP contribution >= 0.6 is 0 Å². The van der Waals surface area contributed by atoms with Gasteiger partial charge in [-0.25, -0.2) is 0 Å². The van der Waals surface area contributed by atoms with Gasteiger partial charge in [-0.3, -0.25) is 9.69 Å². The van der Waals surface area contributed by atoms with Crippen LogP contribution in [0.5, 0.6) is 0 Å². The van der Waals surface area contributed by atoms with Crippen LogP contribution in [-0.2, 0) is 30.1 Å². The van der Waals surface area contributed by atoms with E-state index in [1.54, 1.807) is 24.3 Å². The van der Waals surface area contributed by atoms with E-state index in [0.29, 0.717) is 6.54 Å². The zero-order valence-corrected chi connectivity index (χ0v) is 30.5. The Bertz CT molecular complexity index is 1480. The van der Waals surface area contributed by atoms with Crippen molar-refractivity contribution in [2.75, 3.05) is 45.6 Å². The van der Waals surface area contributed by atoms with Gasteiger partial charge in [0, 0.05) is 37.0 Å². The molecular formula is C43H58F2N4O. The minimum atomic E-state index is -2.85. The van der Waals surface area contributed by atoms with Gasteiger partial charge < -0.3 is 16.4 Å². The highest BCUT2D eigenvalue weighted by Gasteiger charge is 2.30. The average Bonchev–Trinajstić information content (AvgIpc) is 3.16. The van der Waals surface area contributed by atoms with Crippen LogP contribution in [0.1, 0.15) is 66.0 Å². The number of alkyl halides is 2. The summed E-state index contributed by atoms with van der Waals surface area (Å²) in [7, 11) is 3.41. The monoisotopic (exact) mass is 684 g/mol. The quantitative estimate of drug-likeness (QED) is 0.0523. The average molecular weight is 685 g/mol. The number of rotatable bonds is 19. The standard InChI is InChI=1S/C34H43F2N3O.C8H10.CH5N/c1-28-19-20-30(32(18-13-25-40)33(28)37-2)21-24-39(26-29-14-7-5-8-15-29)23-12-4-3-11-22-38-27-34(35,36)31-16-9-6-10-17-31;1-2-8-6-4-3-5-7-8;1-2/h5-10,13-20,25,37-38H,3-4,11-12,21-24,26-27H2,1-2H3;3-7H,2H2,1H3;2H2,1H3/b18-13-;;. The van der Waals surface area contributed by atoms with E-state index in [4.69, 9.17) is 0 Å². The number of carbonyl (C=O) groups excluding carboxylic acids is 1. The Balaban J connectivity index is 0.000000750. The molecular weight excluding hydrogens is 626 g/mol. The zero-order chi connectivity index (χ0) is 36.5. The predicted molar refractivity (Wildman–Crippen MR) is 209 cm³/mol. The number of nitrogens with one attached hydrogen (secondary N) is 2. The maximum Gasteiger partial charge on any atom is 0.285 e. The molecule has 4 N–H and O–H groups in total. The highest BCUT2D eigenvalue weighted by atomic mass is 19.3. The Morgan fingerprint density at radius 3 is 1.96 bits per heavy atom. The summed E-state index contributed by atoms with van der Waals surface area (Å²) in [5, 5.41) is 6.23. The number of unbranched alkanes of at least 4 members (excludes halogenated alkanes) is 3. The third kappa shape index (κ3) is 15.6. The second-order valence-corrected chi connectivity index (χ2v) is 12.1. The topological polar surface area (TPSA) is 70.4 Å². The Hall–Kier alpha value is -4.17. The van der Waals surface area contributed by atoms with E-state index in [0.717, 1.165) is 81.3 Å². The fraction of sp³-hybridized carbons (Fsp3) is 0.372. The highest BCUT2D eigenvalue weighted by Crippen LogP contribution is 2.27. The number of nitrogens with zero attached hydrogens (tertiary/aromatic N) is 1. The van der Waals surface area contributed by atoms with Crippen molar-refractivity contribution in [2.24, 2.45) is 5.73 Å². The van der Waals surface area contributed by atoms with Gasteiger partial charge in [-0.1, -0.05) is 123 Å². The van der Waals surface area contributed by atoms with E-state index >= 15 is 0 Å². The summed E-state index contributed by atoms with van der Waals surface area (Å²) in [6.07, 6.45) is 10.3. The van der Waals surface area contributed by atoms with E-state index in [-0.39, 0.29) is 12.1 Å². The number of hydrogen-bond acceptors (Lipinski definition) is 5. The minimum Gasteiger partial charge on any atom is -0.387 e. The van der Waals surface area contributed by atoms with Gasteiger partial charge in [0.25, 0.3) is 5.92 Å². The Morgan fingerprint density at radius 1 is 0.780 bits per heavy atom. The van der Waals surface area contributed by atoms with E-state index in [9.17, 15) is 13.6 Å². The van der Waals surface area contributed by atoms with Crippen molar-refractivity contribution in [3.05, 3.63) is 143 Å². The number of anilines is 1. The minimum absolute atomic E-state index is 0.0562.